The highest BCUT2D eigenvalue weighted by molar-refractivity contribution is 9.10. The molecule has 0 saturated heterocycles. The number of hydrogen-bond acceptors (Lipinski definition) is 3. The molecule has 0 bridgehead atoms. The third-order valence-corrected chi connectivity index (χ3v) is 4.24. The zero-order chi connectivity index (χ0) is 14.7. The number of aryl methyl sites for hydroxylation is 1. The van der Waals surface area contributed by atoms with E-state index in [0.717, 1.165) is 10.0 Å². The molecule has 0 fully saturated rings. The van der Waals surface area contributed by atoms with Crippen LogP contribution in [-0.4, -0.2) is 4.92 Å². The predicted molar refractivity (Wildman–Crippen MR) is 87.0 cm³/mol. The zero-order valence-corrected chi connectivity index (χ0v) is 13.9. The monoisotopic (exact) mass is 398 g/mol. The van der Waals surface area contributed by atoms with Crippen LogP contribution in [0.1, 0.15) is 11.1 Å². The molecule has 0 atom stereocenters. The molecular formula is C14H12Br2N2O2. The van der Waals surface area contributed by atoms with E-state index in [-0.39, 0.29) is 5.69 Å². The van der Waals surface area contributed by atoms with Crippen molar-refractivity contribution in [3.63, 3.8) is 0 Å². The average Bonchev–Trinajstić information content (AvgIpc) is 2.39. The van der Waals surface area contributed by atoms with Crippen LogP contribution < -0.4 is 5.32 Å². The molecule has 1 N–H and O–H groups in total. The first kappa shape index (κ1) is 15.0. The number of anilines is 1. The number of halogens is 2. The lowest BCUT2D eigenvalue weighted by molar-refractivity contribution is -0.385. The molecule has 0 saturated carbocycles. The third kappa shape index (κ3) is 3.58. The summed E-state index contributed by atoms with van der Waals surface area (Å²) >= 11 is 6.68. The molecule has 0 heterocycles. The van der Waals surface area contributed by atoms with Crippen LogP contribution in [0.4, 0.5) is 11.4 Å². The smallest absolute Gasteiger partial charge is 0.285 e. The molecule has 2 aromatic carbocycles. The Morgan fingerprint density at radius 1 is 1.15 bits per heavy atom. The van der Waals surface area contributed by atoms with Gasteiger partial charge in [0.05, 0.1) is 9.40 Å². The Morgan fingerprint density at radius 2 is 1.90 bits per heavy atom. The number of nitrogens with one attached hydrogen (secondary N) is 1. The molecule has 104 valence electrons. The Kier molecular flexibility index (Phi) is 4.77. The van der Waals surface area contributed by atoms with Crippen molar-refractivity contribution in [1.82, 2.24) is 0 Å². The van der Waals surface area contributed by atoms with Crippen LogP contribution in [0, 0.1) is 17.0 Å². The normalized spacial score (nSPS) is 10.3. The first-order valence-electron chi connectivity index (χ1n) is 5.90. The van der Waals surface area contributed by atoms with E-state index in [9.17, 15) is 10.1 Å². The lowest BCUT2D eigenvalue weighted by Gasteiger charge is -2.09. The maximum absolute atomic E-state index is 10.9. The van der Waals surface area contributed by atoms with Gasteiger partial charge < -0.3 is 5.32 Å². The second-order valence-corrected chi connectivity index (χ2v) is 6.08. The van der Waals surface area contributed by atoms with Crippen molar-refractivity contribution < 1.29 is 4.92 Å². The van der Waals surface area contributed by atoms with Crippen LogP contribution in [0.15, 0.2) is 45.3 Å². The Morgan fingerprint density at radius 3 is 2.55 bits per heavy atom. The molecule has 0 spiro atoms. The van der Waals surface area contributed by atoms with Crippen molar-refractivity contribution in [2.75, 3.05) is 5.32 Å². The highest BCUT2D eigenvalue weighted by atomic mass is 79.9. The molecule has 0 aliphatic rings. The molecule has 0 unspecified atom stereocenters. The van der Waals surface area contributed by atoms with E-state index >= 15 is 0 Å². The van der Waals surface area contributed by atoms with Crippen molar-refractivity contribution in [3.05, 3.63) is 66.6 Å². The van der Waals surface area contributed by atoms with Crippen molar-refractivity contribution in [2.45, 2.75) is 13.5 Å². The molecule has 0 aromatic heterocycles. The van der Waals surface area contributed by atoms with Crippen LogP contribution >= 0.6 is 31.9 Å². The van der Waals surface area contributed by atoms with Crippen molar-refractivity contribution in [2.24, 2.45) is 0 Å². The summed E-state index contributed by atoms with van der Waals surface area (Å²) in [6.07, 6.45) is 0. The standard InChI is InChI=1S/C14H12Br2N2O2/c1-9-2-3-10(13(16)6-9)8-17-11-4-5-12(15)14(7-11)18(19)20/h2-7,17H,8H2,1H3. The number of hydrogen-bond donors (Lipinski definition) is 1. The van der Waals surface area contributed by atoms with Gasteiger partial charge in [0.1, 0.15) is 0 Å². The molecule has 20 heavy (non-hydrogen) atoms. The van der Waals surface area contributed by atoms with E-state index in [1.54, 1.807) is 12.1 Å². The van der Waals surface area contributed by atoms with E-state index in [1.165, 1.54) is 11.6 Å². The molecule has 4 nitrogen and oxygen atoms in total. The van der Waals surface area contributed by atoms with Gasteiger partial charge in [-0.2, -0.15) is 0 Å². The Hall–Kier alpha value is -1.40. The van der Waals surface area contributed by atoms with E-state index in [2.05, 4.69) is 37.2 Å². The van der Waals surface area contributed by atoms with E-state index in [1.807, 2.05) is 25.1 Å². The summed E-state index contributed by atoms with van der Waals surface area (Å²) in [4.78, 5) is 10.5. The van der Waals surface area contributed by atoms with Gasteiger partial charge in [-0.15, -0.1) is 0 Å². The number of nitrogens with zero attached hydrogens (tertiary/aromatic N) is 1. The maximum Gasteiger partial charge on any atom is 0.285 e. The van der Waals surface area contributed by atoms with Gasteiger partial charge in [-0.25, -0.2) is 0 Å². The quantitative estimate of drug-likeness (QED) is 0.578. The second-order valence-electron chi connectivity index (χ2n) is 4.37. The van der Waals surface area contributed by atoms with Crippen molar-refractivity contribution in [1.29, 1.82) is 0 Å². The molecular weight excluding hydrogens is 388 g/mol. The summed E-state index contributed by atoms with van der Waals surface area (Å²) in [5, 5.41) is 14.1. The summed E-state index contributed by atoms with van der Waals surface area (Å²) in [5.41, 5.74) is 3.05. The predicted octanol–water partition coefficient (Wildman–Crippen LogP) is 5.04. The molecule has 2 aromatic rings. The minimum Gasteiger partial charge on any atom is -0.381 e. The fraction of sp³-hybridized carbons (Fsp3) is 0.143. The number of nitro benzene ring substituents is 1. The average molecular weight is 400 g/mol. The van der Waals surface area contributed by atoms with E-state index in [4.69, 9.17) is 0 Å². The van der Waals surface area contributed by atoms with Gasteiger partial charge in [0.15, 0.2) is 0 Å². The number of rotatable bonds is 4. The van der Waals surface area contributed by atoms with Crippen LogP contribution in [0.25, 0.3) is 0 Å². The summed E-state index contributed by atoms with van der Waals surface area (Å²) in [5.74, 6) is 0. The Balaban J connectivity index is 2.15. The van der Waals surface area contributed by atoms with Gasteiger partial charge >= 0.3 is 0 Å². The maximum atomic E-state index is 10.9. The van der Waals surface area contributed by atoms with Crippen molar-refractivity contribution in [3.8, 4) is 0 Å². The molecule has 0 aliphatic heterocycles. The minimum atomic E-state index is -0.406. The molecule has 0 amide bonds. The first-order chi connectivity index (χ1) is 9.47. The highest BCUT2D eigenvalue weighted by Crippen LogP contribution is 2.28. The SMILES string of the molecule is Cc1ccc(CNc2ccc(Br)c([N+](=O)[O-])c2)c(Br)c1. The van der Waals surface area contributed by atoms with Gasteiger partial charge in [-0.05, 0) is 52.2 Å². The second kappa shape index (κ2) is 6.37. The topological polar surface area (TPSA) is 55.2 Å². The molecule has 0 aliphatic carbocycles. The fourth-order valence-corrected chi connectivity index (χ4v) is 2.78. The van der Waals surface area contributed by atoms with Crippen LogP contribution in [-0.2, 0) is 6.54 Å². The summed E-state index contributed by atoms with van der Waals surface area (Å²) in [6.45, 7) is 2.62. The van der Waals surface area contributed by atoms with Crippen LogP contribution in [0.5, 0.6) is 0 Å². The number of benzene rings is 2. The van der Waals surface area contributed by atoms with Crippen LogP contribution in [0.3, 0.4) is 0 Å². The number of nitro groups is 1. The van der Waals surface area contributed by atoms with Gasteiger partial charge in [0.25, 0.3) is 5.69 Å². The molecule has 2 rings (SSSR count). The molecule has 0 radical (unpaired) electrons. The lowest BCUT2D eigenvalue weighted by atomic mass is 10.1. The Labute approximate surface area is 133 Å². The first-order valence-corrected chi connectivity index (χ1v) is 7.49. The fourth-order valence-electron chi connectivity index (χ4n) is 1.76. The van der Waals surface area contributed by atoms with E-state index < -0.39 is 4.92 Å². The largest absolute Gasteiger partial charge is 0.381 e. The van der Waals surface area contributed by atoms with Crippen LogP contribution in [0.2, 0.25) is 0 Å². The van der Waals surface area contributed by atoms with E-state index in [0.29, 0.717) is 16.7 Å². The van der Waals surface area contributed by atoms with Gasteiger partial charge in [0.2, 0.25) is 0 Å². The van der Waals surface area contributed by atoms with Gasteiger partial charge in [-0.1, -0.05) is 28.1 Å². The minimum absolute atomic E-state index is 0.0537. The summed E-state index contributed by atoms with van der Waals surface area (Å²) < 4.78 is 1.50. The van der Waals surface area contributed by atoms with Crippen molar-refractivity contribution >= 4 is 43.2 Å². The lowest BCUT2D eigenvalue weighted by Crippen LogP contribution is -2.01. The molecule has 6 heteroatoms. The highest BCUT2D eigenvalue weighted by Gasteiger charge is 2.12. The zero-order valence-electron chi connectivity index (χ0n) is 10.7. The van der Waals surface area contributed by atoms with Gasteiger partial charge in [0, 0.05) is 22.8 Å². The van der Waals surface area contributed by atoms with Gasteiger partial charge in [-0.3, -0.25) is 10.1 Å². The summed E-state index contributed by atoms with van der Waals surface area (Å²) in [6, 6.07) is 11.1. The third-order valence-electron chi connectivity index (χ3n) is 2.83. The summed E-state index contributed by atoms with van der Waals surface area (Å²) in [7, 11) is 0. The Bertz CT molecular complexity index is 660.